The van der Waals surface area contributed by atoms with E-state index in [0.717, 1.165) is 13.2 Å². The number of likely N-dealkylation sites (N-methyl/N-ethyl adjacent to an activating group) is 1. The van der Waals surface area contributed by atoms with Crippen molar-refractivity contribution in [1.29, 1.82) is 0 Å². The Morgan fingerprint density at radius 3 is 2.69 bits per heavy atom. The van der Waals surface area contributed by atoms with Gasteiger partial charge in [0.05, 0.1) is 6.61 Å². The second kappa shape index (κ2) is 5.58. The van der Waals surface area contributed by atoms with Crippen molar-refractivity contribution >= 4 is 0 Å². The Labute approximate surface area is 81.2 Å². The van der Waals surface area contributed by atoms with Crippen molar-refractivity contribution in [3.05, 3.63) is 0 Å². The summed E-state index contributed by atoms with van der Waals surface area (Å²) in [6.45, 7) is 1.80. The SMILES string of the molecule is COCCN(C)C1CCCCC1N. The van der Waals surface area contributed by atoms with Crippen molar-refractivity contribution in [2.45, 2.75) is 37.8 Å². The second-order valence-electron chi connectivity index (χ2n) is 3.99. The molecule has 1 aliphatic carbocycles. The van der Waals surface area contributed by atoms with E-state index < -0.39 is 0 Å². The zero-order chi connectivity index (χ0) is 9.68. The van der Waals surface area contributed by atoms with Gasteiger partial charge in [-0.3, -0.25) is 4.90 Å². The molecule has 2 atom stereocenters. The maximum absolute atomic E-state index is 6.07. The van der Waals surface area contributed by atoms with E-state index in [1.54, 1.807) is 7.11 Å². The Morgan fingerprint density at radius 2 is 2.08 bits per heavy atom. The first kappa shape index (κ1) is 11.0. The van der Waals surface area contributed by atoms with E-state index in [1.807, 2.05) is 0 Å². The van der Waals surface area contributed by atoms with Gasteiger partial charge >= 0.3 is 0 Å². The van der Waals surface area contributed by atoms with Crippen LogP contribution in [0.1, 0.15) is 25.7 Å². The highest BCUT2D eigenvalue weighted by atomic mass is 16.5. The van der Waals surface area contributed by atoms with Gasteiger partial charge in [-0.25, -0.2) is 0 Å². The van der Waals surface area contributed by atoms with E-state index in [0.29, 0.717) is 12.1 Å². The van der Waals surface area contributed by atoms with Crippen LogP contribution in [0.2, 0.25) is 0 Å². The normalized spacial score (nSPS) is 29.5. The Hall–Kier alpha value is -0.120. The Morgan fingerprint density at radius 1 is 1.38 bits per heavy atom. The van der Waals surface area contributed by atoms with Crippen LogP contribution in [0, 0.1) is 0 Å². The van der Waals surface area contributed by atoms with Gasteiger partial charge in [-0.15, -0.1) is 0 Å². The predicted molar refractivity (Wildman–Crippen MR) is 54.7 cm³/mol. The van der Waals surface area contributed by atoms with Crippen LogP contribution >= 0.6 is 0 Å². The summed E-state index contributed by atoms with van der Waals surface area (Å²) in [5, 5.41) is 0. The van der Waals surface area contributed by atoms with Gasteiger partial charge in [-0.2, -0.15) is 0 Å². The molecule has 0 aromatic carbocycles. The highest BCUT2D eigenvalue weighted by Gasteiger charge is 2.24. The zero-order valence-electron chi connectivity index (χ0n) is 8.83. The Balaban J connectivity index is 2.30. The van der Waals surface area contributed by atoms with Crippen molar-refractivity contribution in [2.24, 2.45) is 5.73 Å². The van der Waals surface area contributed by atoms with Gasteiger partial charge < -0.3 is 10.5 Å². The van der Waals surface area contributed by atoms with Crippen LogP contribution in [0.15, 0.2) is 0 Å². The fourth-order valence-corrected chi connectivity index (χ4v) is 2.09. The molecule has 13 heavy (non-hydrogen) atoms. The molecule has 0 aliphatic heterocycles. The summed E-state index contributed by atoms with van der Waals surface area (Å²) >= 11 is 0. The first-order valence-corrected chi connectivity index (χ1v) is 5.20. The summed E-state index contributed by atoms with van der Waals surface area (Å²) in [7, 11) is 3.89. The van der Waals surface area contributed by atoms with Crippen LogP contribution in [0.5, 0.6) is 0 Å². The van der Waals surface area contributed by atoms with E-state index in [-0.39, 0.29) is 0 Å². The third-order valence-electron chi connectivity index (χ3n) is 3.00. The maximum atomic E-state index is 6.07. The average molecular weight is 186 g/mol. The molecule has 1 aliphatic rings. The summed E-state index contributed by atoms with van der Waals surface area (Å²) in [5.74, 6) is 0. The monoisotopic (exact) mass is 186 g/mol. The molecule has 0 radical (unpaired) electrons. The van der Waals surface area contributed by atoms with Gasteiger partial charge in [0.1, 0.15) is 0 Å². The quantitative estimate of drug-likeness (QED) is 0.707. The molecule has 1 saturated carbocycles. The topological polar surface area (TPSA) is 38.5 Å². The first-order chi connectivity index (χ1) is 6.25. The number of methoxy groups -OCH3 is 1. The number of rotatable bonds is 4. The van der Waals surface area contributed by atoms with Gasteiger partial charge in [-0.1, -0.05) is 12.8 Å². The van der Waals surface area contributed by atoms with Gasteiger partial charge in [-0.05, 0) is 19.9 Å². The van der Waals surface area contributed by atoms with Gasteiger partial charge in [0.25, 0.3) is 0 Å². The molecule has 1 fully saturated rings. The molecular formula is C10H22N2O. The van der Waals surface area contributed by atoms with Crippen LogP contribution in [0.4, 0.5) is 0 Å². The van der Waals surface area contributed by atoms with Gasteiger partial charge in [0.15, 0.2) is 0 Å². The van der Waals surface area contributed by atoms with E-state index in [9.17, 15) is 0 Å². The fourth-order valence-electron chi connectivity index (χ4n) is 2.09. The molecule has 2 N–H and O–H groups in total. The van der Waals surface area contributed by atoms with E-state index >= 15 is 0 Å². The smallest absolute Gasteiger partial charge is 0.0589 e. The van der Waals surface area contributed by atoms with E-state index in [2.05, 4.69) is 11.9 Å². The molecule has 0 aromatic heterocycles. The number of hydrogen-bond acceptors (Lipinski definition) is 3. The van der Waals surface area contributed by atoms with Crippen molar-refractivity contribution in [3.8, 4) is 0 Å². The van der Waals surface area contributed by atoms with Crippen molar-refractivity contribution in [2.75, 3.05) is 27.3 Å². The lowest BCUT2D eigenvalue weighted by Gasteiger charge is -2.35. The van der Waals surface area contributed by atoms with Crippen molar-refractivity contribution in [3.63, 3.8) is 0 Å². The van der Waals surface area contributed by atoms with Crippen molar-refractivity contribution < 1.29 is 4.74 Å². The molecule has 0 amide bonds. The summed E-state index contributed by atoms with van der Waals surface area (Å²) in [5.41, 5.74) is 6.07. The molecule has 2 unspecified atom stereocenters. The molecule has 3 nitrogen and oxygen atoms in total. The molecule has 0 spiro atoms. The fraction of sp³-hybridized carbons (Fsp3) is 1.00. The zero-order valence-corrected chi connectivity index (χ0v) is 8.83. The standard InChI is InChI=1S/C10H22N2O/c1-12(7-8-13-2)10-6-4-3-5-9(10)11/h9-10H,3-8,11H2,1-2H3. The molecule has 1 rings (SSSR count). The Bertz CT molecular complexity index is 141. The van der Waals surface area contributed by atoms with Crippen LogP contribution in [0.3, 0.4) is 0 Å². The van der Waals surface area contributed by atoms with Crippen LogP contribution in [-0.4, -0.2) is 44.3 Å². The lowest BCUT2D eigenvalue weighted by molar-refractivity contribution is 0.113. The molecule has 0 bridgehead atoms. The van der Waals surface area contributed by atoms with E-state index in [4.69, 9.17) is 10.5 Å². The van der Waals surface area contributed by atoms with Crippen LogP contribution < -0.4 is 5.73 Å². The van der Waals surface area contributed by atoms with Gasteiger partial charge in [0, 0.05) is 25.7 Å². The molecule has 3 heteroatoms. The average Bonchev–Trinajstić information content (AvgIpc) is 2.15. The lowest BCUT2D eigenvalue weighted by atomic mass is 9.90. The minimum atomic E-state index is 0.371. The lowest BCUT2D eigenvalue weighted by Crippen LogP contribution is -2.48. The Kier molecular flexibility index (Phi) is 4.70. The summed E-state index contributed by atoms with van der Waals surface area (Å²) in [6.07, 6.45) is 5.06. The number of nitrogens with zero attached hydrogens (tertiary/aromatic N) is 1. The first-order valence-electron chi connectivity index (χ1n) is 5.20. The highest BCUT2D eigenvalue weighted by molar-refractivity contribution is 4.84. The number of hydrogen-bond donors (Lipinski definition) is 1. The summed E-state index contributed by atoms with van der Waals surface area (Å²) in [4.78, 5) is 2.34. The molecule has 78 valence electrons. The third-order valence-corrected chi connectivity index (χ3v) is 3.00. The largest absolute Gasteiger partial charge is 0.383 e. The van der Waals surface area contributed by atoms with Crippen LogP contribution in [0.25, 0.3) is 0 Å². The summed E-state index contributed by atoms with van der Waals surface area (Å²) < 4.78 is 5.06. The van der Waals surface area contributed by atoms with Crippen LogP contribution in [-0.2, 0) is 4.74 Å². The minimum absolute atomic E-state index is 0.371. The minimum Gasteiger partial charge on any atom is -0.383 e. The van der Waals surface area contributed by atoms with Gasteiger partial charge in [0.2, 0.25) is 0 Å². The predicted octanol–water partition coefficient (Wildman–Crippen LogP) is 0.835. The molecule has 0 saturated heterocycles. The molecule has 0 aromatic rings. The third kappa shape index (κ3) is 3.25. The molecule has 0 heterocycles. The van der Waals surface area contributed by atoms with Crippen molar-refractivity contribution in [1.82, 2.24) is 4.90 Å². The van der Waals surface area contributed by atoms with E-state index in [1.165, 1.54) is 25.7 Å². The number of ether oxygens (including phenoxy) is 1. The summed E-state index contributed by atoms with van der Waals surface area (Å²) in [6, 6.07) is 0.944. The highest BCUT2D eigenvalue weighted by Crippen LogP contribution is 2.20. The number of nitrogens with two attached hydrogens (primary N) is 1. The second-order valence-corrected chi connectivity index (χ2v) is 3.99. The maximum Gasteiger partial charge on any atom is 0.0589 e. The molecular weight excluding hydrogens is 164 g/mol.